The number of hydrogen-bond acceptors (Lipinski definition) is 5. The summed E-state index contributed by atoms with van der Waals surface area (Å²) in [4.78, 5) is 17.3. The maximum atomic E-state index is 12.1. The Labute approximate surface area is 160 Å². The summed E-state index contributed by atoms with van der Waals surface area (Å²) < 4.78 is 10.8. The molecule has 0 aromatic heterocycles. The van der Waals surface area contributed by atoms with Gasteiger partial charge in [-0.2, -0.15) is 0 Å². The Balaban J connectivity index is 1.65. The van der Waals surface area contributed by atoms with E-state index in [0.717, 1.165) is 30.1 Å². The Bertz CT molecular complexity index is 719. The average molecular weight is 371 g/mol. The molecule has 1 aliphatic carbocycles. The van der Waals surface area contributed by atoms with Gasteiger partial charge in [0.1, 0.15) is 5.84 Å². The first-order valence-electron chi connectivity index (χ1n) is 10.2. The first kappa shape index (κ1) is 18.3. The summed E-state index contributed by atoms with van der Waals surface area (Å²) in [6, 6.07) is 6.04. The smallest absolute Gasteiger partial charge is 0.338 e. The Hall–Kier alpha value is -2.08. The maximum absolute atomic E-state index is 12.1. The van der Waals surface area contributed by atoms with Gasteiger partial charge < -0.3 is 20.1 Å². The van der Waals surface area contributed by atoms with Gasteiger partial charge in [0.25, 0.3) is 0 Å². The van der Waals surface area contributed by atoms with Crippen LogP contribution in [0.2, 0.25) is 0 Å². The molecule has 3 aliphatic rings. The third-order valence-electron chi connectivity index (χ3n) is 5.84. The minimum Gasteiger partial charge on any atom is -0.462 e. The van der Waals surface area contributed by atoms with Gasteiger partial charge in [-0.1, -0.05) is 19.3 Å². The molecule has 1 spiro atoms. The average Bonchev–Trinajstić information content (AvgIpc) is 2.70. The highest BCUT2D eigenvalue weighted by molar-refractivity contribution is 6.10. The SMILES string of the molecule is CCOC(=O)c1ccc2c(c1)NC1(CCOCC1)C(=NC1CCCCC1)N2. The predicted octanol–water partition coefficient (Wildman–Crippen LogP) is 3.98. The van der Waals surface area contributed by atoms with Crippen molar-refractivity contribution in [1.82, 2.24) is 0 Å². The van der Waals surface area contributed by atoms with Crippen molar-refractivity contribution >= 4 is 23.2 Å². The van der Waals surface area contributed by atoms with Gasteiger partial charge in [0, 0.05) is 26.1 Å². The maximum Gasteiger partial charge on any atom is 0.338 e. The van der Waals surface area contributed by atoms with Crippen LogP contribution in [0.25, 0.3) is 0 Å². The van der Waals surface area contributed by atoms with Gasteiger partial charge in [-0.15, -0.1) is 0 Å². The van der Waals surface area contributed by atoms with Crippen molar-refractivity contribution in [3.63, 3.8) is 0 Å². The lowest BCUT2D eigenvalue weighted by Gasteiger charge is -2.44. The van der Waals surface area contributed by atoms with Crippen molar-refractivity contribution < 1.29 is 14.3 Å². The highest BCUT2D eigenvalue weighted by atomic mass is 16.5. The van der Waals surface area contributed by atoms with Crippen LogP contribution in [0.1, 0.15) is 62.2 Å². The van der Waals surface area contributed by atoms with E-state index in [2.05, 4.69) is 10.6 Å². The summed E-state index contributed by atoms with van der Waals surface area (Å²) in [7, 11) is 0. The largest absolute Gasteiger partial charge is 0.462 e. The third kappa shape index (κ3) is 3.81. The van der Waals surface area contributed by atoms with Crippen LogP contribution in [0, 0.1) is 0 Å². The summed E-state index contributed by atoms with van der Waals surface area (Å²) in [5.74, 6) is 0.749. The van der Waals surface area contributed by atoms with Gasteiger partial charge in [-0.05, 0) is 38.0 Å². The van der Waals surface area contributed by atoms with E-state index >= 15 is 0 Å². The zero-order valence-corrected chi connectivity index (χ0v) is 16.1. The molecule has 0 bridgehead atoms. The molecule has 0 radical (unpaired) electrons. The molecular formula is C21H29N3O3. The summed E-state index contributed by atoms with van der Waals surface area (Å²) in [5, 5.41) is 7.29. The van der Waals surface area contributed by atoms with Crippen molar-refractivity contribution in [3.05, 3.63) is 23.8 Å². The van der Waals surface area contributed by atoms with Crippen LogP contribution in [0.5, 0.6) is 0 Å². The zero-order valence-electron chi connectivity index (χ0n) is 16.1. The van der Waals surface area contributed by atoms with E-state index < -0.39 is 0 Å². The minimum absolute atomic E-state index is 0.240. The number of aliphatic imine (C=N–C) groups is 1. The molecule has 27 heavy (non-hydrogen) atoms. The van der Waals surface area contributed by atoms with E-state index in [1.165, 1.54) is 32.1 Å². The number of rotatable bonds is 3. The molecule has 6 nitrogen and oxygen atoms in total. The summed E-state index contributed by atoms with van der Waals surface area (Å²) >= 11 is 0. The first-order chi connectivity index (χ1) is 13.2. The van der Waals surface area contributed by atoms with Gasteiger partial charge in [-0.3, -0.25) is 4.99 Å². The second kappa shape index (κ2) is 7.89. The van der Waals surface area contributed by atoms with E-state index in [-0.39, 0.29) is 11.5 Å². The monoisotopic (exact) mass is 371 g/mol. The van der Waals surface area contributed by atoms with Crippen LogP contribution < -0.4 is 10.6 Å². The number of nitrogens with one attached hydrogen (secondary N) is 2. The highest BCUT2D eigenvalue weighted by Crippen LogP contribution is 2.38. The van der Waals surface area contributed by atoms with Gasteiger partial charge in [-0.25, -0.2) is 4.79 Å². The number of esters is 1. The summed E-state index contributed by atoms with van der Waals surface area (Å²) in [5.41, 5.74) is 2.23. The molecule has 1 saturated heterocycles. The molecule has 2 N–H and O–H groups in total. The lowest BCUT2D eigenvalue weighted by Crippen LogP contribution is -2.56. The molecule has 2 aliphatic heterocycles. The van der Waals surface area contributed by atoms with Crippen LogP contribution in [0.15, 0.2) is 23.2 Å². The van der Waals surface area contributed by atoms with E-state index in [0.29, 0.717) is 31.4 Å². The zero-order chi connectivity index (χ0) is 18.7. The Morgan fingerprint density at radius 1 is 1.22 bits per heavy atom. The van der Waals surface area contributed by atoms with E-state index in [4.69, 9.17) is 14.5 Å². The molecule has 2 fully saturated rings. The van der Waals surface area contributed by atoms with Gasteiger partial charge in [0.2, 0.25) is 0 Å². The van der Waals surface area contributed by atoms with Crippen molar-refractivity contribution in [1.29, 1.82) is 0 Å². The molecule has 1 aromatic carbocycles. The quantitative estimate of drug-likeness (QED) is 0.787. The highest BCUT2D eigenvalue weighted by Gasteiger charge is 2.42. The molecule has 0 unspecified atom stereocenters. The molecule has 1 saturated carbocycles. The number of benzene rings is 1. The number of hydrogen-bond donors (Lipinski definition) is 2. The molecule has 1 aromatic rings. The molecule has 4 rings (SSSR count). The number of carbonyl (C=O) groups is 1. The lowest BCUT2D eigenvalue weighted by atomic mass is 9.85. The first-order valence-corrected chi connectivity index (χ1v) is 10.2. The van der Waals surface area contributed by atoms with Crippen LogP contribution in [0.4, 0.5) is 11.4 Å². The molecule has 2 heterocycles. The van der Waals surface area contributed by atoms with Gasteiger partial charge in [0.05, 0.1) is 35.1 Å². The van der Waals surface area contributed by atoms with Crippen LogP contribution in [-0.2, 0) is 9.47 Å². The Morgan fingerprint density at radius 2 is 2.00 bits per heavy atom. The number of amidine groups is 1. The van der Waals surface area contributed by atoms with Crippen molar-refractivity contribution in [2.24, 2.45) is 4.99 Å². The topological polar surface area (TPSA) is 72.0 Å². The fraction of sp³-hybridized carbons (Fsp3) is 0.619. The van der Waals surface area contributed by atoms with Gasteiger partial charge >= 0.3 is 5.97 Å². The summed E-state index contributed by atoms with van der Waals surface area (Å²) in [6.07, 6.45) is 7.95. The Morgan fingerprint density at radius 3 is 2.74 bits per heavy atom. The number of nitrogens with zero attached hydrogens (tertiary/aromatic N) is 1. The lowest BCUT2D eigenvalue weighted by molar-refractivity contribution is 0.0526. The van der Waals surface area contributed by atoms with Crippen LogP contribution in [-0.4, -0.2) is 43.2 Å². The fourth-order valence-electron chi connectivity index (χ4n) is 4.29. The van der Waals surface area contributed by atoms with Gasteiger partial charge in [0.15, 0.2) is 0 Å². The van der Waals surface area contributed by atoms with Crippen molar-refractivity contribution in [3.8, 4) is 0 Å². The van der Waals surface area contributed by atoms with Crippen molar-refractivity contribution in [2.75, 3.05) is 30.5 Å². The second-order valence-electron chi connectivity index (χ2n) is 7.69. The van der Waals surface area contributed by atoms with Crippen LogP contribution >= 0.6 is 0 Å². The fourth-order valence-corrected chi connectivity index (χ4v) is 4.29. The van der Waals surface area contributed by atoms with E-state index in [1.807, 2.05) is 25.1 Å². The normalized spacial score (nSPS) is 23.4. The van der Waals surface area contributed by atoms with Crippen LogP contribution in [0.3, 0.4) is 0 Å². The Kier molecular flexibility index (Phi) is 5.34. The van der Waals surface area contributed by atoms with E-state index in [9.17, 15) is 4.79 Å². The van der Waals surface area contributed by atoms with Crippen molar-refractivity contribution in [2.45, 2.75) is 63.5 Å². The molecule has 6 heteroatoms. The number of ether oxygens (including phenoxy) is 2. The standard InChI is InChI=1S/C21H29N3O3/c1-2-27-19(25)15-8-9-17-18(14-15)24-21(10-12-26-13-11-21)20(23-17)22-16-6-4-3-5-7-16/h8-9,14,16,24H,2-7,10-13H2,1H3,(H,22,23). The predicted molar refractivity (Wildman–Crippen MR) is 107 cm³/mol. The third-order valence-corrected chi connectivity index (χ3v) is 5.84. The molecule has 0 atom stereocenters. The minimum atomic E-state index is -0.287. The summed E-state index contributed by atoms with van der Waals surface area (Å²) in [6.45, 7) is 3.62. The second-order valence-corrected chi connectivity index (χ2v) is 7.69. The molecular weight excluding hydrogens is 342 g/mol. The number of carbonyl (C=O) groups excluding carboxylic acids is 1. The number of fused-ring (bicyclic) bond motifs is 1. The molecule has 146 valence electrons. The van der Waals surface area contributed by atoms with E-state index in [1.54, 1.807) is 0 Å². The number of anilines is 2. The molecule has 0 amide bonds.